The zero-order valence-corrected chi connectivity index (χ0v) is 17.4. The van der Waals surface area contributed by atoms with E-state index in [9.17, 15) is 0 Å². The van der Waals surface area contributed by atoms with Crippen molar-refractivity contribution in [1.29, 1.82) is 0 Å². The highest BCUT2D eigenvalue weighted by Gasteiger charge is 2.28. The number of nitrogens with one attached hydrogen (secondary N) is 1. The molecule has 4 heterocycles. The second-order valence-electron chi connectivity index (χ2n) is 7.40. The van der Waals surface area contributed by atoms with Crippen LogP contribution in [-0.2, 0) is 24.8 Å². The number of hydrogen-bond donors (Lipinski definition) is 2. The van der Waals surface area contributed by atoms with Crippen LogP contribution in [0.4, 0.5) is 0 Å². The number of nitrogens with zero attached hydrogens (tertiary/aromatic N) is 7. The van der Waals surface area contributed by atoms with E-state index in [1.165, 1.54) is 18.5 Å². The number of aromatic nitrogens is 8. The van der Waals surface area contributed by atoms with Gasteiger partial charge in [0.1, 0.15) is 11.4 Å². The molecular weight excluding hydrogens is 396 g/mol. The average molecular weight is 420 g/mol. The molecule has 4 aromatic heterocycles. The van der Waals surface area contributed by atoms with Crippen LogP contribution in [0, 0.1) is 0 Å². The molecule has 0 spiro atoms. The first-order valence-electron chi connectivity index (χ1n) is 10.1. The summed E-state index contributed by atoms with van der Waals surface area (Å²) in [5.41, 5.74) is 3.96. The molecule has 0 atom stereocenters. The second kappa shape index (κ2) is 8.90. The van der Waals surface area contributed by atoms with Gasteiger partial charge in [-0.3, -0.25) is 14.5 Å². The van der Waals surface area contributed by atoms with E-state index in [1.807, 2.05) is 40.8 Å². The van der Waals surface area contributed by atoms with Gasteiger partial charge in [-0.15, -0.1) is 5.10 Å². The molecule has 10 heteroatoms. The van der Waals surface area contributed by atoms with E-state index in [1.54, 1.807) is 12.5 Å². The molecule has 160 valence electrons. The van der Waals surface area contributed by atoms with Crippen molar-refractivity contribution in [2.24, 2.45) is 7.05 Å². The number of aliphatic carboxylic acids is 1. The smallest absolute Gasteiger partial charge is 0.300 e. The quantitative estimate of drug-likeness (QED) is 0.491. The normalized spacial score (nSPS) is 13.0. The Morgan fingerprint density at radius 2 is 2.06 bits per heavy atom. The maximum absolute atomic E-state index is 9.00. The summed E-state index contributed by atoms with van der Waals surface area (Å²) in [5.74, 6) is 1.19. The minimum Gasteiger partial charge on any atom is -0.481 e. The molecule has 0 saturated heterocycles. The molecule has 2 N–H and O–H groups in total. The van der Waals surface area contributed by atoms with Crippen molar-refractivity contribution in [3.63, 3.8) is 0 Å². The summed E-state index contributed by atoms with van der Waals surface area (Å²) in [6, 6.07) is 7.91. The third-order valence-corrected chi connectivity index (χ3v) is 4.85. The highest BCUT2D eigenvalue weighted by atomic mass is 16.4. The molecule has 0 aliphatic heterocycles. The van der Waals surface area contributed by atoms with Gasteiger partial charge >= 0.3 is 0 Å². The Bertz CT molecular complexity index is 1140. The average Bonchev–Trinajstić information content (AvgIpc) is 3.14. The number of carboxylic acids is 1. The van der Waals surface area contributed by atoms with Gasteiger partial charge in [-0.1, -0.05) is 6.07 Å². The molecule has 0 aromatic carbocycles. The Hall–Kier alpha value is -3.82. The highest BCUT2D eigenvalue weighted by Crippen LogP contribution is 2.40. The third-order valence-electron chi connectivity index (χ3n) is 4.85. The van der Waals surface area contributed by atoms with E-state index < -0.39 is 5.97 Å². The lowest BCUT2D eigenvalue weighted by atomic mass is 10.2. The van der Waals surface area contributed by atoms with E-state index in [4.69, 9.17) is 25.1 Å². The minimum absolute atomic E-state index is 0.619. The number of pyridine rings is 1. The number of carboxylic acid groups (broad SMARTS) is 1. The van der Waals surface area contributed by atoms with Crippen LogP contribution in [0.3, 0.4) is 0 Å². The van der Waals surface area contributed by atoms with Gasteiger partial charge in [-0.25, -0.2) is 14.6 Å². The summed E-state index contributed by atoms with van der Waals surface area (Å²) in [6.45, 7) is 1.77. The Balaban J connectivity index is 0.000000535. The van der Waals surface area contributed by atoms with Crippen LogP contribution in [0.2, 0.25) is 0 Å². The predicted octanol–water partition coefficient (Wildman–Crippen LogP) is 2.67. The molecule has 1 aliphatic rings. The van der Waals surface area contributed by atoms with E-state index >= 15 is 0 Å². The van der Waals surface area contributed by atoms with E-state index in [0.29, 0.717) is 18.3 Å². The van der Waals surface area contributed by atoms with Crippen LogP contribution in [0.1, 0.15) is 37.1 Å². The van der Waals surface area contributed by atoms with Gasteiger partial charge in [0.05, 0.1) is 6.33 Å². The Labute approximate surface area is 179 Å². The predicted molar refractivity (Wildman–Crippen MR) is 113 cm³/mol. The molecule has 1 saturated carbocycles. The van der Waals surface area contributed by atoms with E-state index in [2.05, 4.69) is 21.0 Å². The molecular formula is C21H24N8O2. The first-order valence-corrected chi connectivity index (χ1v) is 10.1. The summed E-state index contributed by atoms with van der Waals surface area (Å²) < 4.78 is 3.89. The van der Waals surface area contributed by atoms with Gasteiger partial charge in [-0.05, 0) is 31.0 Å². The maximum Gasteiger partial charge on any atom is 0.300 e. The molecule has 4 aromatic rings. The summed E-state index contributed by atoms with van der Waals surface area (Å²) in [5, 5.41) is 16.8. The topological polar surface area (TPSA) is 127 Å². The Kier molecular flexibility index (Phi) is 5.87. The second-order valence-corrected chi connectivity index (χ2v) is 7.40. The fourth-order valence-corrected chi connectivity index (χ4v) is 3.29. The van der Waals surface area contributed by atoms with Crippen molar-refractivity contribution in [3.05, 3.63) is 54.4 Å². The Morgan fingerprint density at radius 3 is 2.71 bits per heavy atom. The van der Waals surface area contributed by atoms with Crippen LogP contribution >= 0.6 is 0 Å². The first-order chi connectivity index (χ1) is 15.0. The van der Waals surface area contributed by atoms with Gasteiger partial charge in [0.25, 0.3) is 5.97 Å². The highest BCUT2D eigenvalue weighted by molar-refractivity contribution is 5.63. The van der Waals surface area contributed by atoms with Crippen molar-refractivity contribution in [3.8, 4) is 23.0 Å². The van der Waals surface area contributed by atoms with Crippen molar-refractivity contribution in [1.82, 2.24) is 39.5 Å². The molecule has 1 fully saturated rings. The van der Waals surface area contributed by atoms with Crippen LogP contribution in [0.25, 0.3) is 23.0 Å². The molecule has 10 nitrogen and oxygen atoms in total. The Morgan fingerprint density at radius 1 is 1.26 bits per heavy atom. The minimum atomic E-state index is -0.833. The number of hydrogen-bond acceptors (Lipinski definition) is 6. The first kappa shape index (κ1) is 20.5. The number of H-pyrrole nitrogens is 1. The van der Waals surface area contributed by atoms with Crippen molar-refractivity contribution < 1.29 is 9.90 Å². The number of imidazole rings is 1. The monoisotopic (exact) mass is 420 g/mol. The lowest BCUT2D eigenvalue weighted by molar-refractivity contribution is -0.134. The fraction of sp³-hybridized carbons (Fsp3) is 0.333. The SMILES string of the molecule is CC(=O)O.Cn1nc(-c2nc(-c3ccccn3)nn2CCc2cnc[nH]2)cc1C1CC1. The van der Waals surface area contributed by atoms with Crippen LogP contribution in [-0.4, -0.2) is 50.6 Å². The van der Waals surface area contributed by atoms with Crippen molar-refractivity contribution in [2.75, 3.05) is 0 Å². The third kappa shape index (κ3) is 5.03. The summed E-state index contributed by atoms with van der Waals surface area (Å²) in [4.78, 5) is 25.4. The van der Waals surface area contributed by atoms with Crippen LogP contribution in [0.5, 0.6) is 0 Å². The molecule has 0 amide bonds. The summed E-state index contributed by atoms with van der Waals surface area (Å²) in [7, 11) is 2.00. The standard InChI is InChI=1S/C19H20N8.C2H4O2/c1-26-17(13-5-6-13)10-16(24-26)19-23-18(15-4-2-3-8-21-15)25-27(19)9-7-14-11-20-12-22-14;1-2(3)4/h2-4,8,10-13H,5-7,9H2,1H3,(H,20,22);1H3,(H,3,4). The van der Waals surface area contributed by atoms with Gasteiger partial charge in [0.2, 0.25) is 0 Å². The number of aryl methyl sites for hydroxylation is 3. The fourth-order valence-electron chi connectivity index (χ4n) is 3.29. The molecule has 1 aliphatic carbocycles. The van der Waals surface area contributed by atoms with Gasteiger partial charge in [-0.2, -0.15) is 5.10 Å². The summed E-state index contributed by atoms with van der Waals surface area (Å²) in [6.07, 6.45) is 8.56. The lowest BCUT2D eigenvalue weighted by Crippen LogP contribution is -2.06. The van der Waals surface area contributed by atoms with E-state index in [0.717, 1.165) is 36.3 Å². The molecule has 0 unspecified atom stereocenters. The van der Waals surface area contributed by atoms with Crippen LogP contribution < -0.4 is 0 Å². The summed E-state index contributed by atoms with van der Waals surface area (Å²) >= 11 is 0. The molecule has 0 bridgehead atoms. The van der Waals surface area contributed by atoms with Gasteiger partial charge < -0.3 is 10.1 Å². The van der Waals surface area contributed by atoms with Crippen molar-refractivity contribution >= 4 is 5.97 Å². The largest absolute Gasteiger partial charge is 0.481 e. The van der Waals surface area contributed by atoms with Gasteiger partial charge in [0.15, 0.2) is 11.6 Å². The van der Waals surface area contributed by atoms with E-state index in [-0.39, 0.29) is 0 Å². The zero-order chi connectivity index (χ0) is 21.8. The van der Waals surface area contributed by atoms with Crippen molar-refractivity contribution in [2.45, 2.75) is 38.6 Å². The van der Waals surface area contributed by atoms with Gasteiger partial charge in [0, 0.05) is 56.6 Å². The lowest BCUT2D eigenvalue weighted by Gasteiger charge is -2.02. The molecule has 31 heavy (non-hydrogen) atoms. The zero-order valence-electron chi connectivity index (χ0n) is 17.4. The molecule has 5 rings (SSSR count). The maximum atomic E-state index is 9.00. The number of carbonyl (C=O) groups is 1. The molecule has 0 radical (unpaired) electrons. The number of rotatable bonds is 6. The van der Waals surface area contributed by atoms with Crippen LogP contribution in [0.15, 0.2) is 43.0 Å². The number of aromatic amines is 1.